The van der Waals surface area contributed by atoms with E-state index in [1.165, 1.54) is 0 Å². The number of carbonyl (C=O) groups is 1. The summed E-state index contributed by atoms with van der Waals surface area (Å²) in [5, 5.41) is 15.3. The Morgan fingerprint density at radius 3 is 2.95 bits per heavy atom. The molecular weight excluding hydrogens is 256 g/mol. The molecule has 110 valence electrons. The van der Waals surface area contributed by atoms with Crippen molar-refractivity contribution in [3.8, 4) is 5.75 Å². The minimum Gasteiger partial charge on any atom is -0.492 e. The van der Waals surface area contributed by atoms with Crippen LogP contribution in [0.4, 0.5) is 10.5 Å². The van der Waals surface area contributed by atoms with Crippen LogP contribution in [0.25, 0.3) is 0 Å². The van der Waals surface area contributed by atoms with Gasteiger partial charge in [0.15, 0.2) is 0 Å². The van der Waals surface area contributed by atoms with Gasteiger partial charge in [-0.2, -0.15) is 0 Å². The van der Waals surface area contributed by atoms with Crippen LogP contribution < -0.4 is 15.4 Å². The Morgan fingerprint density at radius 1 is 1.40 bits per heavy atom. The highest BCUT2D eigenvalue weighted by Gasteiger charge is 2.21. The molecule has 5 nitrogen and oxygen atoms in total. The van der Waals surface area contributed by atoms with Gasteiger partial charge in [-0.15, -0.1) is 0 Å². The maximum absolute atomic E-state index is 12.0. The van der Waals surface area contributed by atoms with E-state index < -0.39 is 0 Å². The van der Waals surface area contributed by atoms with E-state index in [1.54, 1.807) is 6.07 Å². The highest BCUT2D eigenvalue weighted by molar-refractivity contribution is 5.91. The number of carbonyl (C=O) groups excluding carboxylic acids is 1. The van der Waals surface area contributed by atoms with E-state index in [0.717, 1.165) is 19.3 Å². The Balaban J connectivity index is 1.91. The standard InChI is InChI=1S/C15H22N2O3/c1-2-20-14-9-4-3-8-13(14)17-15(19)16-11-6-5-7-12(18)10-11/h3-4,8-9,11-12,18H,2,5-7,10H2,1H3,(H2,16,17,19)/t11-,12-/m1/s1. The van der Waals surface area contributed by atoms with E-state index in [2.05, 4.69) is 10.6 Å². The van der Waals surface area contributed by atoms with Crippen LogP contribution in [-0.2, 0) is 0 Å². The Hall–Kier alpha value is -1.75. The third-order valence-corrected chi connectivity index (χ3v) is 3.42. The number of para-hydroxylation sites is 2. The molecule has 0 aliphatic heterocycles. The molecule has 20 heavy (non-hydrogen) atoms. The van der Waals surface area contributed by atoms with Crippen molar-refractivity contribution < 1.29 is 14.6 Å². The van der Waals surface area contributed by atoms with Crippen LogP contribution in [0.15, 0.2) is 24.3 Å². The van der Waals surface area contributed by atoms with Crippen molar-refractivity contribution in [2.75, 3.05) is 11.9 Å². The van der Waals surface area contributed by atoms with Gasteiger partial charge in [0.05, 0.1) is 18.4 Å². The van der Waals surface area contributed by atoms with Crippen LogP contribution in [0.2, 0.25) is 0 Å². The largest absolute Gasteiger partial charge is 0.492 e. The van der Waals surface area contributed by atoms with Crippen LogP contribution in [0.3, 0.4) is 0 Å². The second kappa shape index (κ2) is 7.14. The van der Waals surface area contributed by atoms with Gasteiger partial charge in [-0.1, -0.05) is 12.1 Å². The molecule has 1 aliphatic rings. The lowest BCUT2D eigenvalue weighted by atomic mass is 9.93. The third-order valence-electron chi connectivity index (χ3n) is 3.42. The average Bonchev–Trinajstić information content (AvgIpc) is 2.41. The fraction of sp³-hybridized carbons (Fsp3) is 0.533. The Labute approximate surface area is 119 Å². The molecule has 2 rings (SSSR count). The molecule has 1 aliphatic carbocycles. The number of anilines is 1. The number of aliphatic hydroxyl groups excluding tert-OH is 1. The SMILES string of the molecule is CCOc1ccccc1NC(=O)N[C@@H]1CCC[C@@H](O)C1. The fourth-order valence-electron chi connectivity index (χ4n) is 2.49. The highest BCUT2D eigenvalue weighted by atomic mass is 16.5. The lowest BCUT2D eigenvalue weighted by Gasteiger charge is -2.26. The first-order valence-electron chi connectivity index (χ1n) is 7.16. The first-order valence-corrected chi connectivity index (χ1v) is 7.16. The van der Waals surface area contributed by atoms with E-state index in [0.29, 0.717) is 24.5 Å². The number of benzene rings is 1. The molecule has 2 amide bonds. The van der Waals surface area contributed by atoms with Crippen LogP contribution >= 0.6 is 0 Å². The predicted molar refractivity (Wildman–Crippen MR) is 78.0 cm³/mol. The molecular formula is C15H22N2O3. The van der Waals surface area contributed by atoms with Crippen LogP contribution in [0, 0.1) is 0 Å². The molecule has 1 fully saturated rings. The molecule has 2 atom stereocenters. The highest BCUT2D eigenvalue weighted by Crippen LogP contribution is 2.24. The van der Waals surface area contributed by atoms with Gasteiger partial charge in [-0.25, -0.2) is 4.79 Å². The number of hydrogen-bond donors (Lipinski definition) is 3. The monoisotopic (exact) mass is 278 g/mol. The lowest BCUT2D eigenvalue weighted by Crippen LogP contribution is -2.41. The summed E-state index contributed by atoms with van der Waals surface area (Å²) in [5.41, 5.74) is 0.656. The lowest BCUT2D eigenvalue weighted by molar-refractivity contribution is 0.114. The minimum atomic E-state index is -0.301. The van der Waals surface area contributed by atoms with Crippen molar-refractivity contribution in [2.45, 2.75) is 44.8 Å². The van der Waals surface area contributed by atoms with Crippen LogP contribution in [0.5, 0.6) is 5.75 Å². The van der Waals surface area contributed by atoms with Crippen molar-refractivity contribution in [2.24, 2.45) is 0 Å². The summed E-state index contributed by atoms with van der Waals surface area (Å²) in [6.07, 6.45) is 3.01. The van der Waals surface area contributed by atoms with Gasteiger partial charge < -0.3 is 20.5 Å². The zero-order chi connectivity index (χ0) is 14.4. The van der Waals surface area contributed by atoms with Gasteiger partial charge in [0.25, 0.3) is 0 Å². The predicted octanol–water partition coefficient (Wildman–Crippen LogP) is 2.51. The van der Waals surface area contributed by atoms with Crippen molar-refractivity contribution in [3.63, 3.8) is 0 Å². The molecule has 0 unspecified atom stereocenters. The first-order chi connectivity index (χ1) is 9.69. The topological polar surface area (TPSA) is 70.6 Å². The van der Waals surface area contributed by atoms with Crippen LogP contribution in [0.1, 0.15) is 32.6 Å². The molecule has 0 bridgehead atoms. The van der Waals surface area contributed by atoms with Gasteiger partial charge >= 0.3 is 6.03 Å². The Morgan fingerprint density at radius 2 is 2.20 bits per heavy atom. The van der Waals surface area contributed by atoms with Crippen LogP contribution in [-0.4, -0.2) is 29.9 Å². The van der Waals surface area contributed by atoms with E-state index in [4.69, 9.17) is 4.74 Å². The fourth-order valence-corrected chi connectivity index (χ4v) is 2.49. The van der Waals surface area contributed by atoms with Crippen molar-refractivity contribution in [1.29, 1.82) is 0 Å². The minimum absolute atomic E-state index is 0.0398. The maximum Gasteiger partial charge on any atom is 0.319 e. The van der Waals surface area contributed by atoms with Gasteiger partial charge in [-0.05, 0) is 44.7 Å². The first kappa shape index (κ1) is 14.7. The number of ether oxygens (including phenoxy) is 1. The van der Waals surface area contributed by atoms with Gasteiger partial charge in [0, 0.05) is 6.04 Å². The third kappa shape index (κ3) is 4.13. The summed E-state index contributed by atoms with van der Waals surface area (Å²) >= 11 is 0. The van der Waals surface area contributed by atoms with Crippen molar-refractivity contribution in [1.82, 2.24) is 5.32 Å². The molecule has 0 heterocycles. The number of urea groups is 1. The number of amides is 2. The maximum atomic E-state index is 12.0. The van der Waals surface area contributed by atoms with E-state index >= 15 is 0 Å². The molecule has 0 spiro atoms. The number of hydrogen-bond acceptors (Lipinski definition) is 3. The Kier molecular flexibility index (Phi) is 5.24. The molecule has 3 N–H and O–H groups in total. The number of rotatable bonds is 4. The number of nitrogens with one attached hydrogen (secondary N) is 2. The van der Waals surface area contributed by atoms with E-state index in [-0.39, 0.29) is 18.2 Å². The van der Waals surface area contributed by atoms with E-state index in [9.17, 15) is 9.90 Å². The molecule has 0 radical (unpaired) electrons. The second-order valence-corrected chi connectivity index (χ2v) is 5.04. The molecule has 5 heteroatoms. The molecule has 0 saturated heterocycles. The van der Waals surface area contributed by atoms with Gasteiger partial charge in [0.2, 0.25) is 0 Å². The molecule has 0 aromatic heterocycles. The number of aliphatic hydroxyl groups is 1. The summed E-state index contributed by atoms with van der Waals surface area (Å²) in [4.78, 5) is 12.0. The summed E-state index contributed by atoms with van der Waals surface area (Å²) in [6.45, 7) is 2.45. The Bertz CT molecular complexity index is 450. The summed E-state index contributed by atoms with van der Waals surface area (Å²) in [6, 6.07) is 7.13. The zero-order valence-electron chi connectivity index (χ0n) is 11.8. The summed E-state index contributed by atoms with van der Waals surface area (Å²) in [5.74, 6) is 0.661. The van der Waals surface area contributed by atoms with Crippen molar-refractivity contribution >= 4 is 11.7 Å². The quantitative estimate of drug-likeness (QED) is 0.792. The smallest absolute Gasteiger partial charge is 0.319 e. The molecule has 1 aromatic carbocycles. The van der Waals surface area contributed by atoms with Gasteiger partial charge in [-0.3, -0.25) is 0 Å². The molecule has 1 saturated carbocycles. The van der Waals surface area contributed by atoms with Crippen molar-refractivity contribution in [3.05, 3.63) is 24.3 Å². The normalized spacial score (nSPS) is 22.1. The molecule has 1 aromatic rings. The average molecular weight is 278 g/mol. The zero-order valence-corrected chi connectivity index (χ0v) is 11.8. The summed E-state index contributed by atoms with van der Waals surface area (Å²) < 4.78 is 5.46. The summed E-state index contributed by atoms with van der Waals surface area (Å²) in [7, 11) is 0. The van der Waals surface area contributed by atoms with E-state index in [1.807, 2.05) is 25.1 Å². The second-order valence-electron chi connectivity index (χ2n) is 5.04. The van der Waals surface area contributed by atoms with Gasteiger partial charge in [0.1, 0.15) is 5.75 Å².